The Morgan fingerprint density at radius 2 is 1.91 bits per heavy atom. The van der Waals surface area contributed by atoms with Crippen molar-refractivity contribution >= 4 is 22.4 Å². The van der Waals surface area contributed by atoms with Crippen molar-refractivity contribution in [3.8, 4) is 0 Å². The topological polar surface area (TPSA) is 54.0 Å². The summed E-state index contributed by atoms with van der Waals surface area (Å²) in [6, 6.07) is 0. The summed E-state index contributed by atoms with van der Waals surface area (Å²) in [5, 5.41) is 7.33. The molecule has 4 atom stereocenters. The van der Waals surface area contributed by atoms with Crippen LogP contribution in [0.15, 0.2) is 6.20 Å². The lowest BCUT2D eigenvalue weighted by Crippen LogP contribution is -2.26. The van der Waals surface area contributed by atoms with E-state index in [-0.39, 0.29) is 5.91 Å². The number of anilines is 1. The van der Waals surface area contributed by atoms with Crippen LogP contribution in [-0.2, 0) is 4.79 Å². The molecule has 4 fully saturated rings. The minimum absolute atomic E-state index is 0.248. The number of rotatable bonds is 3. The van der Waals surface area contributed by atoms with E-state index in [0.29, 0.717) is 23.7 Å². The second-order valence-corrected chi connectivity index (χ2v) is 8.66. The number of hydrogen-bond acceptors (Lipinski definition) is 4. The molecule has 1 aliphatic heterocycles. The van der Waals surface area contributed by atoms with Gasteiger partial charge in [-0.2, -0.15) is 0 Å². The van der Waals surface area contributed by atoms with Crippen LogP contribution in [0.3, 0.4) is 0 Å². The number of fused-ring (bicyclic) bond motifs is 5. The fourth-order valence-corrected chi connectivity index (χ4v) is 6.49. The molecule has 1 amide bonds. The molecule has 0 aromatic carbocycles. The summed E-state index contributed by atoms with van der Waals surface area (Å²) in [5.74, 6) is 4.31. The summed E-state index contributed by atoms with van der Waals surface area (Å²) in [4.78, 5) is 18.3. The van der Waals surface area contributed by atoms with Crippen LogP contribution in [0.25, 0.3) is 0 Å². The normalized spacial score (nSPS) is 39.7. The van der Waals surface area contributed by atoms with Gasteiger partial charge in [0.1, 0.15) is 0 Å². The van der Waals surface area contributed by atoms with Gasteiger partial charge >= 0.3 is 0 Å². The molecular weight excluding hydrogens is 294 g/mol. The molecule has 4 unspecified atom stereocenters. The molecule has 0 radical (unpaired) electrons. The van der Waals surface area contributed by atoms with E-state index in [2.05, 4.69) is 15.6 Å². The Kier molecular flexibility index (Phi) is 3.09. The van der Waals surface area contributed by atoms with Crippen molar-refractivity contribution in [2.45, 2.75) is 38.0 Å². The van der Waals surface area contributed by atoms with E-state index in [1.165, 1.54) is 37.0 Å². The van der Waals surface area contributed by atoms with Crippen LogP contribution in [-0.4, -0.2) is 24.0 Å². The third-order valence-electron chi connectivity index (χ3n) is 6.53. The van der Waals surface area contributed by atoms with Gasteiger partial charge in [0, 0.05) is 17.0 Å². The number of hydrogen-bond donors (Lipinski definition) is 2. The number of nitrogens with zero attached hydrogens (tertiary/aromatic N) is 1. The third kappa shape index (κ3) is 2.05. The molecule has 2 N–H and O–H groups in total. The zero-order valence-corrected chi connectivity index (χ0v) is 13.6. The van der Waals surface area contributed by atoms with Crippen molar-refractivity contribution < 1.29 is 4.79 Å². The number of nitrogens with one attached hydrogen (secondary N) is 2. The second-order valence-electron chi connectivity index (χ2n) is 7.60. The lowest BCUT2D eigenvalue weighted by atomic mass is 9.97. The van der Waals surface area contributed by atoms with Gasteiger partial charge in [0.05, 0.1) is 0 Å². The molecule has 4 nitrogen and oxygen atoms in total. The fraction of sp³-hybridized carbons (Fsp3) is 0.765. The molecule has 5 heteroatoms. The molecule has 4 aliphatic rings. The first kappa shape index (κ1) is 13.5. The van der Waals surface area contributed by atoms with Crippen molar-refractivity contribution in [3.63, 3.8) is 0 Å². The molecule has 2 bridgehead atoms. The minimum Gasteiger partial charge on any atom is -0.317 e. The van der Waals surface area contributed by atoms with Crippen molar-refractivity contribution in [1.82, 2.24) is 10.3 Å². The van der Waals surface area contributed by atoms with E-state index in [1.807, 2.05) is 6.20 Å². The Morgan fingerprint density at radius 3 is 2.64 bits per heavy atom. The average Bonchev–Trinajstić information content (AvgIpc) is 2.90. The molecule has 1 aromatic heterocycles. The summed E-state index contributed by atoms with van der Waals surface area (Å²) in [6.45, 7) is 2.19. The summed E-state index contributed by atoms with van der Waals surface area (Å²) in [7, 11) is 0. The van der Waals surface area contributed by atoms with E-state index >= 15 is 0 Å². The van der Waals surface area contributed by atoms with Gasteiger partial charge in [-0.05, 0) is 74.8 Å². The predicted octanol–water partition coefficient (Wildman–Crippen LogP) is 2.84. The van der Waals surface area contributed by atoms with E-state index in [1.54, 1.807) is 11.3 Å². The summed E-state index contributed by atoms with van der Waals surface area (Å²) in [5.41, 5.74) is 0. The smallest absolute Gasteiger partial charge is 0.229 e. The second kappa shape index (κ2) is 5.03. The van der Waals surface area contributed by atoms with Crippen LogP contribution >= 0.6 is 11.3 Å². The van der Waals surface area contributed by atoms with E-state index in [4.69, 9.17) is 0 Å². The van der Waals surface area contributed by atoms with Crippen molar-refractivity contribution in [2.24, 2.45) is 29.6 Å². The molecule has 22 heavy (non-hydrogen) atoms. The Hall–Kier alpha value is -0.940. The maximum absolute atomic E-state index is 12.5. The average molecular weight is 317 g/mol. The predicted molar refractivity (Wildman–Crippen MR) is 86.9 cm³/mol. The van der Waals surface area contributed by atoms with Gasteiger partial charge in [0.2, 0.25) is 5.91 Å². The van der Waals surface area contributed by atoms with Crippen LogP contribution in [0.4, 0.5) is 5.13 Å². The summed E-state index contributed by atoms with van der Waals surface area (Å²) >= 11 is 1.69. The Bertz CT molecular complexity index is 578. The van der Waals surface area contributed by atoms with E-state index in [0.717, 1.165) is 30.1 Å². The highest BCUT2D eigenvalue weighted by Gasteiger charge is 2.67. The van der Waals surface area contributed by atoms with Crippen LogP contribution in [0, 0.1) is 29.6 Å². The van der Waals surface area contributed by atoms with Crippen molar-refractivity contribution in [1.29, 1.82) is 0 Å². The van der Waals surface area contributed by atoms with Gasteiger partial charge in [-0.15, -0.1) is 11.3 Å². The van der Waals surface area contributed by atoms with Crippen LogP contribution in [0.2, 0.25) is 0 Å². The highest BCUT2D eigenvalue weighted by atomic mass is 32.1. The Labute approximate surface area is 135 Å². The fourth-order valence-electron chi connectivity index (χ4n) is 5.50. The minimum atomic E-state index is 0.248. The number of aromatic nitrogens is 1. The molecule has 1 saturated heterocycles. The van der Waals surface area contributed by atoms with Crippen LogP contribution < -0.4 is 10.6 Å². The number of thiazole rings is 1. The Balaban J connectivity index is 1.23. The molecule has 1 aromatic rings. The summed E-state index contributed by atoms with van der Waals surface area (Å²) < 4.78 is 0. The highest BCUT2D eigenvalue weighted by molar-refractivity contribution is 7.15. The quantitative estimate of drug-likeness (QED) is 0.901. The zero-order chi connectivity index (χ0) is 14.7. The van der Waals surface area contributed by atoms with E-state index < -0.39 is 0 Å². The Morgan fingerprint density at radius 1 is 1.18 bits per heavy atom. The third-order valence-corrected chi connectivity index (χ3v) is 7.61. The number of carbonyl (C=O) groups is 1. The first-order chi connectivity index (χ1) is 10.8. The number of carbonyl (C=O) groups excluding carboxylic acids is 1. The molecule has 0 spiro atoms. The van der Waals surface area contributed by atoms with E-state index in [9.17, 15) is 4.79 Å². The van der Waals surface area contributed by atoms with Crippen LogP contribution in [0.1, 0.15) is 42.9 Å². The molecule has 2 heterocycles. The molecule has 5 rings (SSSR count). The van der Waals surface area contributed by atoms with Gasteiger partial charge in [0.15, 0.2) is 5.13 Å². The van der Waals surface area contributed by atoms with Crippen molar-refractivity contribution in [3.05, 3.63) is 11.1 Å². The number of piperidine rings is 1. The van der Waals surface area contributed by atoms with Gasteiger partial charge < -0.3 is 10.6 Å². The SMILES string of the molecule is O=C(Nc1ncc(C2CCNCC2)s1)C1C2C3CCC(C3)C12. The molecule has 3 aliphatic carbocycles. The maximum Gasteiger partial charge on any atom is 0.229 e. The zero-order valence-electron chi connectivity index (χ0n) is 12.8. The van der Waals surface area contributed by atoms with Gasteiger partial charge in [-0.25, -0.2) is 4.98 Å². The first-order valence-electron chi connectivity index (χ1n) is 8.78. The lowest BCUT2D eigenvalue weighted by Gasteiger charge is -2.20. The first-order valence-corrected chi connectivity index (χ1v) is 9.60. The molecular formula is C17H23N3OS. The van der Waals surface area contributed by atoms with Crippen molar-refractivity contribution in [2.75, 3.05) is 18.4 Å². The van der Waals surface area contributed by atoms with Gasteiger partial charge in [-0.1, -0.05) is 0 Å². The standard InChI is InChI=1S/C17H23N3OS/c21-16(15-13-10-1-2-11(7-10)14(13)15)20-17-19-8-12(22-17)9-3-5-18-6-4-9/h8-11,13-15,18H,1-7H2,(H,19,20,21). The van der Waals surface area contributed by atoms with Gasteiger partial charge in [0.25, 0.3) is 0 Å². The van der Waals surface area contributed by atoms with Crippen LogP contribution in [0.5, 0.6) is 0 Å². The molecule has 118 valence electrons. The van der Waals surface area contributed by atoms with Gasteiger partial charge in [-0.3, -0.25) is 4.79 Å². The molecule has 3 saturated carbocycles. The largest absolute Gasteiger partial charge is 0.317 e. The lowest BCUT2D eigenvalue weighted by molar-refractivity contribution is -0.118. The highest BCUT2D eigenvalue weighted by Crippen LogP contribution is 2.69. The maximum atomic E-state index is 12.5. The number of amides is 1. The monoisotopic (exact) mass is 317 g/mol. The summed E-state index contributed by atoms with van der Waals surface area (Å²) in [6.07, 6.45) is 8.49.